The van der Waals surface area contributed by atoms with Crippen LogP contribution in [0.25, 0.3) is 11.3 Å². The molecule has 6 rings (SSSR count). The van der Waals surface area contributed by atoms with Crippen molar-refractivity contribution in [3.05, 3.63) is 60.0 Å². The highest BCUT2D eigenvalue weighted by molar-refractivity contribution is 5.96. The van der Waals surface area contributed by atoms with Gasteiger partial charge in [0.05, 0.1) is 18.9 Å². The van der Waals surface area contributed by atoms with Gasteiger partial charge in [0.25, 0.3) is 5.91 Å². The molecule has 8 nitrogen and oxygen atoms in total. The highest BCUT2D eigenvalue weighted by Gasteiger charge is 2.52. The average molecular weight is 428 g/mol. The van der Waals surface area contributed by atoms with Crippen molar-refractivity contribution >= 4 is 23.2 Å². The van der Waals surface area contributed by atoms with Crippen LogP contribution in [0.1, 0.15) is 28.8 Å². The maximum Gasteiger partial charge on any atom is 0.254 e. The smallest absolute Gasteiger partial charge is 0.254 e. The molecule has 2 N–H and O–H groups in total. The Morgan fingerprint density at radius 1 is 1.03 bits per heavy atom. The number of amides is 1. The molecule has 3 aliphatic rings. The molecule has 1 spiro atoms. The van der Waals surface area contributed by atoms with Crippen molar-refractivity contribution in [3.63, 3.8) is 0 Å². The van der Waals surface area contributed by atoms with Crippen molar-refractivity contribution in [1.82, 2.24) is 19.9 Å². The quantitative estimate of drug-likeness (QED) is 0.685. The van der Waals surface area contributed by atoms with Gasteiger partial charge in [-0.3, -0.25) is 9.78 Å². The van der Waals surface area contributed by atoms with E-state index in [4.69, 9.17) is 10.5 Å². The predicted octanol–water partition coefficient (Wildman–Crippen LogP) is 2.78. The number of morpholine rings is 1. The number of benzene rings is 1. The monoisotopic (exact) mass is 428 g/mol. The zero-order valence-electron chi connectivity index (χ0n) is 17.7. The Morgan fingerprint density at radius 2 is 1.81 bits per heavy atom. The van der Waals surface area contributed by atoms with Gasteiger partial charge in [0.15, 0.2) is 0 Å². The van der Waals surface area contributed by atoms with Crippen LogP contribution in [0, 0.1) is 0 Å². The minimum atomic E-state index is 0.0526. The fourth-order valence-electron chi connectivity index (χ4n) is 4.71. The van der Waals surface area contributed by atoms with E-state index < -0.39 is 0 Å². The molecule has 1 aromatic carbocycles. The zero-order valence-corrected chi connectivity index (χ0v) is 17.7. The molecule has 1 aliphatic carbocycles. The first-order valence-electron chi connectivity index (χ1n) is 11.0. The summed E-state index contributed by atoms with van der Waals surface area (Å²) in [6, 6.07) is 9.67. The minimum absolute atomic E-state index is 0.0526. The summed E-state index contributed by atoms with van der Waals surface area (Å²) < 4.78 is 5.39. The summed E-state index contributed by atoms with van der Waals surface area (Å²) in [5.74, 6) is 0.690. The first kappa shape index (κ1) is 19.2. The zero-order chi connectivity index (χ0) is 21.7. The van der Waals surface area contributed by atoms with Crippen LogP contribution in [0.15, 0.2) is 48.9 Å². The van der Waals surface area contributed by atoms with Crippen LogP contribution in [0.4, 0.5) is 17.3 Å². The number of carbonyl (C=O) groups excluding carboxylic acids is 1. The van der Waals surface area contributed by atoms with Gasteiger partial charge in [0.2, 0.25) is 5.95 Å². The molecule has 0 radical (unpaired) electrons. The summed E-state index contributed by atoms with van der Waals surface area (Å²) in [6.07, 6.45) is 7.55. The van der Waals surface area contributed by atoms with Crippen LogP contribution in [-0.2, 0) is 10.2 Å². The Labute approximate surface area is 186 Å². The van der Waals surface area contributed by atoms with Gasteiger partial charge in [-0.25, -0.2) is 9.97 Å². The van der Waals surface area contributed by atoms with Crippen LogP contribution >= 0.6 is 0 Å². The molecule has 1 saturated heterocycles. The third-order valence-electron chi connectivity index (χ3n) is 6.68. The number of rotatable bonds is 3. The summed E-state index contributed by atoms with van der Waals surface area (Å²) >= 11 is 0. The van der Waals surface area contributed by atoms with Crippen LogP contribution in [0.5, 0.6) is 0 Å². The Kier molecular flexibility index (Phi) is 4.36. The molecule has 0 atom stereocenters. The lowest BCUT2D eigenvalue weighted by molar-refractivity contribution is 0.0303. The van der Waals surface area contributed by atoms with E-state index in [1.165, 1.54) is 5.56 Å². The van der Waals surface area contributed by atoms with E-state index in [1.807, 2.05) is 23.1 Å². The van der Waals surface area contributed by atoms with Gasteiger partial charge in [-0.2, -0.15) is 0 Å². The number of aromatic nitrogens is 3. The topological polar surface area (TPSA) is 97.5 Å². The number of fused-ring (bicyclic) bond motifs is 2. The van der Waals surface area contributed by atoms with Crippen LogP contribution in [0.3, 0.4) is 0 Å². The maximum absolute atomic E-state index is 13.1. The highest BCUT2D eigenvalue weighted by Crippen LogP contribution is 2.57. The lowest BCUT2D eigenvalue weighted by atomic mass is 9.97. The molecular formula is C24H24N6O2. The van der Waals surface area contributed by atoms with Gasteiger partial charge in [0.1, 0.15) is 0 Å². The second-order valence-corrected chi connectivity index (χ2v) is 8.75. The molecule has 2 fully saturated rings. The lowest BCUT2D eigenvalue weighted by Crippen LogP contribution is -2.40. The summed E-state index contributed by atoms with van der Waals surface area (Å²) in [7, 11) is 0. The molecule has 8 heteroatoms. The fourth-order valence-corrected chi connectivity index (χ4v) is 4.71. The number of nitrogens with zero attached hydrogens (tertiary/aromatic N) is 5. The third kappa shape index (κ3) is 3.18. The summed E-state index contributed by atoms with van der Waals surface area (Å²) in [4.78, 5) is 30.7. The maximum atomic E-state index is 13.1. The van der Waals surface area contributed by atoms with Gasteiger partial charge < -0.3 is 20.3 Å². The van der Waals surface area contributed by atoms with Crippen LogP contribution < -0.4 is 10.6 Å². The van der Waals surface area contributed by atoms with Gasteiger partial charge >= 0.3 is 0 Å². The fraction of sp³-hybridized carbons (Fsp3) is 0.333. The van der Waals surface area contributed by atoms with Crippen molar-refractivity contribution in [2.45, 2.75) is 18.3 Å². The number of pyridine rings is 1. The molecule has 0 bridgehead atoms. The molecule has 0 unspecified atom stereocenters. The molecule has 1 amide bonds. The number of ether oxygens (including phenoxy) is 1. The van der Waals surface area contributed by atoms with Crippen LogP contribution in [0.2, 0.25) is 0 Å². The Balaban J connectivity index is 1.32. The molecule has 2 aromatic heterocycles. The van der Waals surface area contributed by atoms with Gasteiger partial charge in [-0.1, -0.05) is 6.07 Å². The van der Waals surface area contributed by atoms with Gasteiger partial charge in [-0.05, 0) is 42.7 Å². The average Bonchev–Trinajstić information content (AvgIpc) is 3.55. The molecule has 162 valence electrons. The highest BCUT2D eigenvalue weighted by atomic mass is 16.5. The largest absolute Gasteiger partial charge is 0.399 e. The van der Waals surface area contributed by atoms with E-state index >= 15 is 0 Å². The number of nitrogens with two attached hydrogens (primary N) is 1. The van der Waals surface area contributed by atoms with E-state index in [0.717, 1.165) is 36.3 Å². The Bertz CT molecular complexity index is 1190. The van der Waals surface area contributed by atoms with Gasteiger partial charge in [-0.15, -0.1) is 0 Å². The molecule has 32 heavy (non-hydrogen) atoms. The van der Waals surface area contributed by atoms with Crippen molar-refractivity contribution in [3.8, 4) is 11.3 Å². The second-order valence-electron chi connectivity index (χ2n) is 8.75. The van der Waals surface area contributed by atoms with E-state index in [0.29, 0.717) is 43.5 Å². The first-order chi connectivity index (χ1) is 15.6. The van der Waals surface area contributed by atoms with E-state index in [-0.39, 0.29) is 11.3 Å². The number of hydrogen-bond donors (Lipinski definition) is 1. The number of hydrogen-bond acceptors (Lipinski definition) is 7. The molecule has 4 heterocycles. The van der Waals surface area contributed by atoms with Crippen LogP contribution in [-0.4, -0.2) is 58.6 Å². The SMILES string of the molecule is Nc1ccnc(-c2cnc(N3CC4(CC4)c4ccc(C(=O)N5CCOCC5)cc43)nc2)c1. The van der Waals surface area contributed by atoms with E-state index in [9.17, 15) is 4.79 Å². The number of anilines is 3. The molecule has 3 aromatic rings. The lowest BCUT2D eigenvalue weighted by Gasteiger charge is -2.27. The number of nitrogen functional groups attached to an aromatic ring is 1. The normalized spacial score (nSPS) is 18.6. The number of carbonyl (C=O) groups is 1. The van der Waals surface area contributed by atoms with Crippen molar-refractivity contribution in [1.29, 1.82) is 0 Å². The minimum Gasteiger partial charge on any atom is -0.399 e. The van der Waals surface area contributed by atoms with Crippen molar-refractivity contribution < 1.29 is 9.53 Å². The third-order valence-corrected chi connectivity index (χ3v) is 6.68. The van der Waals surface area contributed by atoms with Crippen molar-refractivity contribution in [2.24, 2.45) is 0 Å². The van der Waals surface area contributed by atoms with E-state index in [1.54, 1.807) is 24.7 Å². The molecule has 1 saturated carbocycles. The molecule has 2 aliphatic heterocycles. The Morgan fingerprint density at radius 3 is 2.53 bits per heavy atom. The second kappa shape index (κ2) is 7.27. The standard InChI is InChI=1S/C24H24N6O2/c25-18-3-6-26-20(12-18)17-13-27-23(28-14-17)30-15-24(4-5-24)19-2-1-16(11-21(19)30)22(31)29-7-9-32-10-8-29/h1-3,6,11-14H,4-5,7-10,15H2,(H2,25,26). The first-order valence-corrected chi connectivity index (χ1v) is 11.0. The summed E-state index contributed by atoms with van der Waals surface area (Å²) in [6.45, 7) is 3.29. The van der Waals surface area contributed by atoms with Crippen molar-refractivity contribution in [2.75, 3.05) is 43.5 Å². The van der Waals surface area contributed by atoms with Gasteiger partial charge in [0, 0.05) is 66.1 Å². The van der Waals surface area contributed by atoms with E-state index in [2.05, 4.69) is 25.9 Å². The predicted molar refractivity (Wildman–Crippen MR) is 121 cm³/mol. The Hall–Kier alpha value is -3.52. The summed E-state index contributed by atoms with van der Waals surface area (Å²) in [5.41, 5.74) is 11.3. The molecular weight excluding hydrogens is 404 g/mol. The summed E-state index contributed by atoms with van der Waals surface area (Å²) in [5, 5.41) is 0.